The maximum absolute atomic E-state index is 8.00. The van der Waals surface area contributed by atoms with Gasteiger partial charge in [0.15, 0.2) is 0 Å². The molecule has 0 aliphatic rings. The van der Waals surface area contributed by atoms with Crippen molar-refractivity contribution < 1.29 is 4.79 Å². The normalized spacial score (nSPS) is 7.00. The van der Waals surface area contributed by atoms with E-state index in [4.69, 9.17) is 10.5 Å². The second kappa shape index (κ2) is 4.33. The second-order valence-electron chi connectivity index (χ2n) is 1.02. The molecule has 0 unspecified atom stereocenters. The number of carbonyl (C=O) groups excluding carboxylic acids is 1. The molecule has 0 fully saturated rings. The summed E-state index contributed by atoms with van der Waals surface area (Å²) in [7, 11) is 0. The van der Waals surface area contributed by atoms with E-state index in [1.807, 2.05) is 24.3 Å². The van der Waals surface area contributed by atoms with Crippen LogP contribution in [0.2, 0.25) is 0 Å². The number of anilines is 1. The average Bonchev–Trinajstić information content (AvgIpc) is 2.24. The second-order valence-corrected chi connectivity index (χ2v) is 1.99. The molecule has 0 saturated heterocycles. The molecule has 0 saturated carbocycles. The zero-order valence-electron chi connectivity index (χ0n) is 4.33. The van der Waals surface area contributed by atoms with Crippen molar-refractivity contribution in [2.45, 2.75) is 0 Å². The molecule has 0 aromatic carbocycles. The molecule has 1 aromatic rings. The summed E-state index contributed by atoms with van der Waals surface area (Å²) in [4.78, 5) is 8.00. The van der Waals surface area contributed by atoms with Crippen LogP contribution in [0.25, 0.3) is 0 Å². The maximum Gasteiger partial charge on any atom is 0.106 e. The molecular formula is C5H7NOS. The van der Waals surface area contributed by atoms with E-state index in [1.165, 1.54) is 0 Å². The lowest BCUT2D eigenvalue weighted by Crippen LogP contribution is -1.72. The van der Waals surface area contributed by atoms with E-state index < -0.39 is 0 Å². The summed E-state index contributed by atoms with van der Waals surface area (Å²) >= 11 is 1.56. The van der Waals surface area contributed by atoms with Gasteiger partial charge in [-0.2, -0.15) is 0 Å². The molecule has 0 bridgehead atoms. The number of hydrogen-bond acceptors (Lipinski definition) is 3. The van der Waals surface area contributed by atoms with Crippen LogP contribution in [0.15, 0.2) is 17.5 Å². The van der Waals surface area contributed by atoms with Gasteiger partial charge in [0, 0.05) is 0 Å². The third kappa shape index (κ3) is 2.36. The Bertz CT molecular complexity index is 127. The molecule has 0 aliphatic heterocycles. The Morgan fingerprint density at radius 3 is 2.38 bits per heavy atom. The molecule has 1 heterocycles. The Labute approximate surface area is 51.9 Å². The average molecular weight is 129 g/mol. The van der Waals surface area contributed by atoms with E-state index in [1.54, 1.807) is 11.3 Å². The van der Waals surface area contributed by atoms with Crippen molar-refractivity contribution >= 4 is 23.1 Å². The summed E-state index contributed by atoms with van der Waals surface area (Å²) in [5.41, 5.74) is 5.30. The van der Waals surface area contributed by atoms with Gasteiger partial charge >= 0.3 is 0 Å². The Morgan fingerprint density at radius 2 is 2.25 bits per heavy atom. The molecule has 1 rings (SSSR count). The molecule has 0 amide bonds. The summed E-state index contributed by atoms with van der Waals surface area (Å²) < 4.78 is 0. The molecule has 44 valence electrons. The van der Waals surface area contributed by atoms with Gasteiger partial charge in [-0.3, -0.25) is 0 Å². The molecule has 0 radical (unpaired) electrons. The predicted octanol–water partition coefficient (Wildman–Crippen LogP) is 1.15. The van der Waals surface area contributed by atoms with Crippen LogP contribution in [0.5, 0.6) is 0 Å². The first-order valence-corrected chi connectivity index (χ1v) is 2.85. The molecule has 2 nitrogen and oxygen atoms in total. The van der Waals surface area contributed by atoms with Crippen molar-refractivity contribution in [2.24, 2.45) is 0 Å². The molecule has 1 aromatic heterocycles. The van der Waals surface area contributed by atoms with E-state index >= 15 is 0 Å². The third-order valence-corrected chi connectivity index (χ3v) is 1.24. The molecule has 2 N–H and O–H groups in total. The van der Waals surface area contributed by atoms with Crippen LogP contribution in [-0.4, -0.2) is 6.79 Å². The van der Waals surface area contributed by atoms with Crippen molar-refractivity contribution in [3.05, 3.63) is 17.5 Å². The number of thiophene rings is 1. The largest absolute Gasteiger partial charge is 0.391 e. The fourth-order valence-corrected chi connectivity index (χ4v) is 0.763. The van der Waals surface area contributed by atoms with Gasteiger partial charge in [0.05, 0.1) is 5.00 Å². The summed E-state index contributed by atoms with van der Waals surface area (Å²) in [6.07, 6.45) is 0. The molecule has 0 atom stereocenters. The lowest BCUT2D eigenvalue weighted by Gasteiger charge is -1.68. The number of nitrogens with two attached hydrogens (primary N) is 1. The highest BCUT2D eigenvalue weighted by Gasteiger charge is 1.75. The Morgan fingerprint density at radius 1 is 1.62 bits per heavy atom. The Kier molecular flexibility index (Phi) is 3.88. The highest BCUT2D eigenvalue weighted by atomic mass is 32.1. The minimum Gasteiger partial charge on any atom is -0.391 e. The van der Waals surface area contributed by atoms with Crippen molar-refractivity contribution in [1.82, 2.24) is 0 Å². The van der Waals surface area contributed by atoms with Crippen LogP contribution in [0, 0.1) is 0 Å². The van der Waals surface area contributed by atoms with Gasteiger partial charge in [-0.25, -0.2) is 0 Å². The minimum absolute atomic E-state index is 0.884. The van der Waals surface area contributed by atoms with E-state index in [9.17, 15) is 0 Å². The first-order valence-electron chi connectivity index (χ1n) is 1.97. The van der Waals surface area contributed by atoms with Crippen molar-refractivity contribution in [1.29, 1.82) is 0 Å². The highest BCUT2D eigenvalue weighted by Crippen LogP contribution is 2.07. The van der Waals surface area contributed by atoms with Gasteiger partial charge in [0.25, 0.3) is 0 Å². The molecule has 8 heavy (non-hydrogen) atoms. The summed E-state index contributed by atoms with van der Waals surface area (Å²) in [6, 6.07) is 3.81. The smallest absolute Gasteiger partial charge is 0.106 e. The van der Waals surface area contributed by atoms with E-state index in [0.29, 0.717) is 0 Å². The monoisotopic (exact) mass is 129 g/mol. The number of hydrogen-bond donors (Lipinski definition) is 1. The predicted molar refractivity (Wildman–Crippen MR) is 35.9 cm³/mol. The van der Waals surface area contributed by atoms with Gasteiger partial charge in [0.1, 0.15) is 6.79 Å². The maximum atomic E-state index is 8.00. The van der Waals surface area contributed by atoms with Crippen LogP contribution < -0.4 is 5.73 Å². The molecular weight excluding hydrogens is 122 g/mol. The van der Waals surface area contributed by atoms with Crippen LogP contribution in [-0.2, 0) is 4.79 Å². The summed E-state index contributed by atoms with van der Waals surface area (Å²) in [6.45, 7) is 2.00. The number of nitrogen functional groups attached to an aromatic ring is 1. The topological polar surface area (TPSA) is 43.1 Å². The first kappa shape index (κ1) is 7.17. The van der Waals surface area contributed by atoms with E-state index in [0.717, 1.165) is 5.00 Å². The minimum atomic E-state index is 0.884. The van der Waals surface area contributed by atoms with Crippen LogP contribution in [0.1, 0.15) is 0 Å². The van der Waals surface area contributed by atoms with Gasteiger partial charge in [-0.15, -0.1) is 11.3 Å². The number of carbonyl (C=O) groups is 1. The van der Waals surface area contributed by atoms with Crippen LogP contribution in [0.4, 0.5) is 5.00 Å². The molecule has 0 aliphatic carbocycles. The summed E-state index contributed by atoms with van der Waals surface area (Å²) in [5, 5.41) is 2.84. The fourth-order valence-electron chi connectivity index (χ4n) is 0.291. The Hall–Kier alpha value is -0.830. The van der Waals surface area contributed by atoms with Crippen molar-refractivity contribution in [3.8, 4) is 0 Å². The zero-order chi connectivity index (χ0) is 6.41. The molecule has 3 heteroatoms. The van der Waals surface area contributed by atoms with E-state index in [-0.39, 0.29) is 0 Å². The van der Waals surface area contributed by atoms with Gasteiger partial charge < -0.3 is 10.5 Å². The van der Waals surface area contributed by atoms with Gasteiger partial charge in [-0.1, -0.05) is 0 Å². The Balaban J connectivity index is 0.000000222. The fraction of sp³-hybridized carbons (Fsp3) is 0. The van der Waals surface area contributed by atoms with Crippen molar-refractivity contribution in [3.63, 3.8) is 0 Å². The zero-order valence-corrected chi connectivity index (χ0v) is 5.15. The van der Waals surface area contributed by atoms with Crippen molar-refractivity contribution in [2.75, 3.05) is 5.73 Å². The number of rotatable bonds is 0. The van der Waals surface area contributed by atoms with Crippen LogP contribution >= 0.6 is 11.3 Å². The van der Waals surface area contributed by atoms with Crippen LogP contribution in [0.3, 0.4) is 0 Å². The molecule has 0 spiro atoms. The quantitative estimate of drug-likeness (QED) is 0.571. The lowest BCUT2D eigenvalue weighted by molar-refractivity contribution is -0.0979. The van der Waals surface area contributed by atoms with E-state index in [2.05, 4.69) is 0 Å². The summed E-state index contributed by atoms with van der Waals surface area (Å²) in [5.74, 6) is 0. The standard InChI is InChI=1S/C4H5NS.CH2O/c5-4-2-1-3-6-4;1-2/h1-3H,5H2;1H2. The SMILES string of the molecule is C=O.Nc1cccs1. The highest BCUT2D eigenvalue weighted by molar-refractivity contribution is 7.13. The van der Waals surface area contributed by atoms with Gasteiger partial charge in [0.2, 0.25) is 0 Å². The van der Waals surface area contributed by atoms with Gasteiger partial charge in [-0.05, 0) is 17.5 Å². The lowest BCUT2D eigenvalue weighted by atomic mass is 10.6. The first-order chi connectivity index (χ1) is 3.89. The third-order valence-electron chi connectivity index (χ3n) is 0.543.